The molecule has 0 aliphatic heterocycles. The van der Waals surface area contributed by atoms with E-state index in [1.165, 1.54) is 6.07 Å². The number of carbonyl (C=O) groups is 1. The van der Waals surface area contributed by atoms with Gasteiger partial charge in [0.05, 0.1) is 30.6 Å². The minimum absolute atomic E-state index is 0. The summed E-state index contributed by atoms with van der Waals surface area (Å²) in [5.74, 6) is -1.69. The van der Waals surface area contributed by atoms with Crippen LogP contribution >= 0.6 is 24.8 Å². The molecule has 3 rings (SSSR count). The Morgan fingerprint density at radius 1 is 1.34 bits per heavy atom. The van der Waals surface area contributed by atoms with Crippen LogP contribution in [0.3, 0.4) is 0 Å². The second-order valence-corrected chi connectivity index (χ2v) is 6.65. The van der Waals surface area contributed by atoms with Crippen molar-refractivity contribution < 1.29 is 19.0 Å². The largest absolute Gasteiger partial charge is 0.505 e. The van der Waals surface area contributed by atoms with Gasteiger partial charge in [0.2, 0.25) is 0 Å². The standard InChI is InChI=1S/C19H23FN4O3.2ClH/c1-5-27-19(26)17-15(10-22(2)3)23(4)14-8-13(20)18(25)12(16(14)17)9-24-7-6-21-11-24;;/h6-8,11,25H,5,9-10H2,1-4H3;2*1H. The summed E-state index contributed by atoms with van der Waals surface area (Å²) in [5, 5.41) is 10.9. The minimum Gasteiger partial charge on any atom is -0.505 e. The second kappa shape index (κ2) is 9.96. The Labute approximate surface area is 180 Å². The van der Waals surface area contributed by atoms with Crippen LogP contribution in [0.15, 0.2) is 24.8 Å². The average Bonchev–Trinajstić information content (AvgIpc) is 3.20. The molecule has 2 heterocycles. The summed E-state index contributed by atoms with van der Waals surface area (Å²) >= 11 is 0. The normalized spacial score (nSPS) is 10.7. The molecule has 0 spiro atoms. The van der Waals surface area contributed by atoms with Gasteiger partial charge in [-0.25, -0.2) is 14.2 Å². The van der Waals surface area contributed by atoms with Gasteiger partial charge in [-0.3, -0.25) is 0 Å². The molecular formula is C19H25Cl2FN4O3. The second-order valence-electron chi connectivity index (χ2n) is 6.65. The van der Waals surface area contributed by atoms with Gasteiger partial charge in [0.25, 0.3) is 0 Å². The van der Waals surface area contributed by atoms with Gasteiger partial charge in [0, 0.05) is 48.7 Å². The first-order valence-electron chi connectivity index (χ1n) is 8.64. The molecule has 0 unspecified atom stereocenters. The lowest BCUT2D eigenvalue weighted by atomic mass is 10.0. The van der Waals surface area contributed by atoms with Crippen LogP contribution in [0, 0.1) is 5.82 Å². The Morgan fingerprint density at radius 3 is 2.59 bits per heavy atom. The zero-order valence-electron chi connectivity index (χ0n) is 16.7. The number of hydrogen-bond donors (Lipinski definition) is 1. The minimum atomic E-state index is -0.731. The number of carbonyl (C=O) groups excluding carboxylic acids is 1. The highest BCUT2D eigenvalue weighted by atomic mass is 35.5. The number of nitrogens with zero attached hydrogens (tertiary/aromatic N) is 4. The van der Waals surface area contributed by atoms with Crippen molar-refractivity contribution >= 4 is 41.7 Å². The monoisotopic (exact) mass is 446 g/mol. The van der Waals surface area contributed by atoms with Gasteiger partial charge in [-0.15, -0.1) is 24.8 Å². The maximum absolute atomic E-state index is 14.5. The number of aromatic hydroxyl groups is 1. The van der Waals surface area contributed by atoms with Crippen molar-refractivity contribution in [3.8, 4) is 5.75 Å². The highest BCUT2D eigenvalue weighted by Crippen LogP contribution is 2.37. The first-order valence-corrected chi connectivity index (χ1v) is 8.64. The zero-order valence-corrected chi connectivity index (χ0v) is 18.3. The van der Waals surface area contributed by atoms with Crippen LogP contribution in [0.2, 0.25) is 0 Å². The third-order valence-electron chi connectivity index (χ3n) is 4.48. The fourth-order valence-corrected chi connectivity index (χ4v) is 3.30. The number of ether oxygens (including phenoxy) is 1. The molecule has 3 aromatic rings. The van der Waals surface area contributed by atoms with Crippen LogP contribution in [0.4, 0.5) is 4.39 Å². The van der Waals surface area contributed by atoms with E-state index in [9.17, 15) is 14.3 Å². The summed E-state index contributed by atoms with van der Waals surface area (Å²) in [5.41, 5.74) is 1.91. The molecule has 1 aromatic carbocycles. The number of benzene rings is 1. The van der Waals surface area contributed by atoms with Crippen LogP contribution < -0.4 is 0 Å². The maximum atomic E-state index is 14.5. The van der Waals surface area contributed by atoms with Crippen LogP contribution in [0.5, 0.6) is 5.75 Å². The number of aryl methyl sites for hydroxylation is 1. The van der Waals surface area contributed by atoms with Gasteiger partial charge in [-0.1, -0.05) is 0 Å². The van der Waals surface area contributed by atoms with Gasteiger partial charge in [0.1, 0.15) is 0 Å². The van der Waals surface area contributed by atoms with Gasteiger partial charge < -0.3 is 23.9 Å². The molecule has 0 fully saturated rings. The molecule has 0 atom stereocenters. The van der Waals surface area contributed by atoms with Crippen molar-refractivity contribution in [3.63, 3.8) is 0 Å². The third-order valence-corrected chi connectivity index (χ3v) is 4.48. The molecule has 1 N–H and O–H groups in total. The topological polar surface area (TPSA) is 72.5 Å². The molecule has 160 valence electrons. The van der Waals surface area contributed by atoms with E-state index in [0.29, 0.717) is 34.3 Å². The van der Waals surface area contributed by atoms with E-state index in [1.807, 2.05) is 19.0 Å². The van der Waals surface area contributed by atoms with Crippen LogP contribution in [0.1, 0.15) is 28.5 Å². The number of halogens is 3. The Hall–Kier alpha value is -2.29. The van der Waals surface area contributed by atoms with E-state index in [2.05, 4.69) is 4.98 Å². The first kappa shape index (κ1) is 24.7. The fourth-order valence-electron chi connectivity index (χ4n) is 3.30. The van der Waals surface area contributed by atoms with E-state index >= 15 is 0 Å². The van der Waals surface area contributed by atoms with Gasteiger partial charge >= 0.3 is 5.97 Å². The Balaban J connectivity index is 0.00000210. The van der Waals surface area contributed by atoms with Crippen molar-refractivity contribution in [2.75, 3.05) is 20.7 Å². The van der Waals surface area contributed by atoms with E-state index in [1.54, 1.807) is 41.8 Å². The smallest absolute Gasteiger partial charge is 0.340 e. The van der Waals surface area contributed by atoms with Crippen molar-refractivity contribution in [1.29, 1.82) is 0 Å². The summed E-state index contributed by atoms with van der Waals surface area (Å²) in [6.45, 7) is 2.60. The van der Waals surface area contributed by atoms with Gasteiger partial charge in [-0.05, 0) is 21.0 Å². The fraction of sp³-hybridized carbons (Fsp3) is 0.368. The number of rotatable bonds is 6. The van der Waals surface area contributed by atoms with Gasteiger partial charge in [0.15, 0.2) is 11.6 Å². The molecule has 0 aliphatic rings. The van der Waals surface area contributed by atoms with Gasteiger partial charge in [-0.2, -0.15) is 0 Å². The van der Waals surface area contributed by atoms with Crippen molar-refractivity contribution in [2.24, 2.45) is 7.05 Å². The highest BCUT2D eigenvalue weighted by molar-refractivity contribution is 6.08. The predicted octanol–water partition coefficient (Wildman–Crippen LogP) is 3.35. The molecule has 2 aromatic heterocycles. The summed E-state index contributed by atoms with van der Waals surface area (Å²) < 4.78 is 23.2. The number of aromatic nitrogens is 3. The number of esters is 1. The summed E-state index contributed by atoms with van der Waals surface area (Å²) in [4.78, 5) is 18.7. The van der Waals surface area contributed by atoms with Crippen LogP contribution in [-0.2, 0) is 24.9 Å². The number of imidazole rings is 1. The number of phenols is 1. The molecule has 10 heteroatoms. The first-order chi connectivity index (χ1) is 12.8. The Bertz CT molecular complexity index is 988. The molecular weight excluding hydrogens is 422 g/mol. The lowest BCUT2D eigenvalue weighted by Crippen LogP contribution is -2.17. The molecule has 0 bridgehead atoms. The van der Waals surface area contributed by atoms with Crippen LogP contribution in [-0.4, -0.2) is 50.8 Å². The molecule has 0 aliphatic carbocycles. The third kappa shape index (κ3) is 4.66. The lowest BCUT2D eigenvalue weighted by molar-refractivity contribution is 0.0526. The highest BCUT2D eigenvalue weighted by Gasteiger charge is 2.27. The van der Waals surface area contributed by atoms with Crippen molar-refractivity contribution in [3.05, 3.63) is 47.4 Å². The summed E-state index contributed by atoms with van der Waals surface area (Å²) in [7, 11) is 5.55. The molecule has 0 amide bonds. The van der Waals surface area contributed by atoms with E-state index in [-0.39, 0.29) is 38.0 Å². The zero-order chi connectivity index (χ0) is 19.7. The van der Waals surface area contributed by atoms with Crippen molar-refractivity contribution in [2.45, 2.75) is 20.0 Å². The molecule has 29 heavy (non-hydrogen) atoms. The number of hydrogen-bond acceptors (Lipinski definition) is 5. The molecule has 0 saturated carbocycles. The van der Waals surface area contributed by atoms with E-state index in [0.717, 1.165) is 0 Å². The van der Waals surface area contributed by atoms with Crippen LogP contribution in [0.25, 0.3) is 10.9 Å². The number of fused-ring (bicyclic) bond motifs is 1. The Kier molecular flexibility index (Phi) is 8.50. The lowest BCUT2D eigenvalue weighted by Gasteiger charge is -2.13. The quantitative estimate of drug-likeness (QED) is 0.587. The van der Waals surface area contributed by atoms with E-state index < -0.39 is 17.5 Å². The predicted molar refractivity (Wildman–Crippen MR) is 114 cm³/mol. The maximum Gasteiger partial charge on any atom is 0.340 e. The molecule has 0 radical (unpaired) electrons. The molecule has 0 saturated heterocycles. The average molecular weight is 447 g/mol. The Morgan fingerprint density at radius 2 is 2.03 bits per heavy atom. The number of phenolic OH excluding ortho intramolecular Hbond substituents is 1. The SMILES string of the molecule is CCOC(=O)c1c(CN(C)C)n(C)c2cc(F)c(O)c(Cn3ccnc3)c12.Cl.Cl. The summed E-state index contributed by atoms with van der Waals surface area (Å²) in [6.07, 6.45) is 4.88. The summed E-state index contributed by atoms with van der Waals surface area (Å²) in [6, 6.07) is 1.25. The van der Waals surface area contributed by atoms with E-state index in [4.69, 9.17) is 4.74 Å². The van der Waals surface area contributed by atoms with Crippen molar-refractivity contribution in [1.82, 2.24) is 19.0 Å². The molecule has 7 nitrogen and oxygen atoms in total.